The average molecular weight is 281 g/mol. The van der Waals surface area contributed by atoms with E-state index in [-0.39, 0.29) is 11.6 Å². The lowest BCUT2D eigenvalue weighted by atomic mass is 10.3. The number of benzene rings is 1. The zero-order chi connectivity index (χ0) is 13.8. The van der Waals surface area contributed by atoms with E-state index in [0.29, 0.717) is 22.1 Å². The number of nitrogens with two attached hydrogens (primary N) is 2. The molecule has 19 heavy (non-hydrogen) atoms. The van der Waals surface area contributed by atoms with E-state index >= 15 is 0 Å². The molecule has 1 aromatic carbocycles. The van der Waals surface area contributed by atoms with Crippen molar-refractivity contribution in [1.82, 2.24) is 5.43 Å². The molecule has 0 bridgehead atoms. The zero-order valence-corrected chi connectivity index (χ0v) is 10.7. The second kappa shape index (κ2) is 5.77. The van der Waals surface area contributed by atoms with Crippen LogP contribution in [0.15, 0.2) is 39.6 Å². The summed E-state index contributed by atoms with van der Waals surface area (Å²) < 4.78 is 18.4. The van der Waals surface area contributed by atoms with Gasteiger partial charge in [0.2, 0.25) is 0 Å². The van der Waals surface area contributed by atoms with Gasteiger partial charge in [0.25, 0.3) is 0 Å². The van der Waals surface area contributed by atoms with Crippen molar-refractivity contribution in [2.45, 2.75) is 10.6 Å². The van der Waals surface area contributed by atoms with E-state index in [2.05, 4.69) is 0 Å². The number of anilines is 1. The van der Waals surface area contributed by atoms with E-state index in [1.807, 2.05) is 5.43 Å². The third kappa shape index (κ3) is 3.27. The van der Waals surface area contributed by atoms with Crippen LogP contribution in [0.4, 0.5) is 10.1 Å². The molecular weight excluding hydrogens is 269 g/mol. The minimum Gasteiger partial charge on any atom is -0.455 e. The highest BCUT2D eigenvalue weighted by atomic mass is 32.2. The van der Waals surface area contributed by atoms with Gasteiger partial charge in [-0.15, -0.1) is 11.8 Å². The predicted octanol–water partition coefficient (Wildman–Crippen LogP) is 1.90. The second-order valence-electron chi connectivity index (χ2n) is 3.71. The summed E-state index contributed by atoms with van der Waals surface area (Å²) in [5.74, 6) is 5.29. The van der Waals surface area contributed by atoms with Crippen molar-refractivity contribution in [2.24, 2.45) is 5.84 Å². The molecule has 2 rings (SSSR count). The maximum absolute atomic E-state index is 13.1. The number of hydrogen-bond donors (Lipinski definition) is 3. The standard InChI is InChI=1S/C12H12FN3O2S/c13-7-1-3-9(14)11(5-7)19-6-8-2-4-10(18-8)12(17)16-15/h1-5H,6,14-15H2,(H,16,17). The molecule has 0 atom stereocenters. The van der Waals surface area contributed by atoms with Crippen LogP contribution in [0.1, 0.15) is 16.3 Å². The SMILES string of the molecule is NNC(=O)c1ccc(CSc2cc(F)ccc2N)o1. The molecule has 2 aromatic rings. The van der Waals surface area contributed by atoms with Crippen LogP contribution in [0, 0.1) is 5.82 Å². The molecule has 1 aromatic heterocycles. The molecule has 0 saturated heterocycles. The van der Waals surface area contributed by atoms with Gasteiger partial charge < -0.3 is 10.2 Å². The molecule has 0 aliphatic heterocycles. The summed E-state index contributed by atoms with van der Waals surface area (Å²) in [5.41, 5.74) is 8.20. The molecule has 0 aliphatic rings. The Balaban J connectivity index is 2.04. The number of thioether (sulfide) groups is 1. The molecule has 0 unspecified atom stereocenters. The van der Waals surface area contributed by atoms with Crippen LogP contribution in [-0.4, -0.2) is 5.91 Å². The quantitative estimate of drug-likeness (QED) is 0.261. The lowest BCUT2D eigenvalue weighted by molar-refractivity contribution is 0.0924. The number of carbonyl (C=O) groups excluding carboxylic acids is 1. The molecule has 1 amide bonds. The maximum atomic E-state index is 13.1. The number of furan rings is 1. The third-order valence-electron chi connectivity index (χ3n) is 2.36. The first kappa shape index (κ1) is 13.4. The van der Waals surface area contributed by atoms with E-state index in [4.69, 9.17) is 16.0 Å². The Labute approximate surface area is 113 Å². The Morgan fingerprint density at radius 2 is 2.16 bits per heavy atom. The Kier molecular flexibility index (Phi) is 4.08. The minimum absolute atomic E-state index is 0.130. The van der Waals surface area contributed by atoms with Crippen LogP contribution in [0.2, 0.25) is 0 Å². The Hall–Kier alpha value is -1.99. The highest BCUT2D eigenvalue weighted by Gasteiger charge is 2.10. The Bertz CT molecular complexity index is 600. The predicted molar refractivity (Wildman–Crippen MR) is 70.7 cm³/mol. The summed E-state index contributed by atoms with van der Waals surface area (Å²) in [4.78, 5) is 11.8. The van der Waals surface area contributed by atoms with E-state index < -0.39 is 5.91 Å². The van der Waals surface area contributed by atoms with Crippen molar-refractivity contribution in [3.8, 4) is 0 Å². The fourth-order valence-electron chi connectivity index (χ4n) is 1.43. The molecule has 5 N–H and O–H groups in total. The number of rotatable bonds is 4. The van der Waals surface area contributed by atoms with Gasteiger partial charge in [-0.2, -0.15) is 0 Å². The molecule has 5 nitrogen and oxygen atoms in total. The van der Waals surface area contributed by atoms with Crippen LogP contribution in [0.25, 0.3) is 0 Å². The number of halogens is 1. The van der Waals surface area contributed by atoms with Gasteiger partial charge in [-0.3, -0.25) is 10.2 Å². The lowest BCUT2D eigenvalue weighted by Crippen LogP contribution is -2.29. The normalized spacial score (nSPS) is 10.4. The maximum Gasteiger partial charge on any atom is 0.300 e. The van der Waals surface area contributed by atoms with Gasteiger partial charge in [-0.1, -0.05) is 0 Å². The van der Waals surface area contributed by atoms with Crippen molar-refractivity contribution in [3.05, 3.63) is 47.7 Å². The highest BCUT2D eigenvalue weighted by Crippen LogP contribution is 2.29. The van der Waals surface area contributed by atoms with Crippen LogP contribution in [0.5, 0.6) is 0 Å². The smallest absolute Gasteiger partial charge is 0.300 e. The number of nitrogens with one attached hydrogen (secondary N) is 1. The first-order valence-corrected chi connectivity index (χ1v) is 6.36. The van der Waals surface area contributed by atoms with Gasteiger partial charge in [-0.25, -0.2) is 10.2 Å². The van der Waals surface area contributed by atoms with E-state index in [9.17, 15) is 9.18 Å². The molecule has 0 radical (unpaired) electrons. The summed E-state index contributed by atoms with van der Waals surface area (Å²) in [6.45, 7) is 0. The summed E-state index contributed by atoms with van der Waals surface area (Å²) in [5, 5.41) is 0. The molecule has 0 aliphatic carbocycles. The van der Waals surface area contributed by atoms with E-state index in [1.165, 1.54) is 36.0 Å². The third-order valence-corrected chi connectivity index (χ3v) is 3.46. The Morgan fingerprint density at radius 1 is 1.37 bits per heavy atom. The Morgan fingerprint density at radius 3 is 2.89 bits per heavy atom. The summed E-state index contributed by atoms with van der Waals surface area (Å²) in [7, 11) is 0. The van der Waals surface area contributed by atoms with Crippen molar-refractivity contribution < 1.29 is 13.6 Å². The first-order chi connectivity index (χ1) is 9.10. The second-order valence-corrected chi connectivity index (χ2v) is 4.73. The first-order valence-electron chi connectivity index (χ1n) is 5.37. The molecule has 0 saturated carbocycles. The number of nitrogen functional groups attached to an aromatic ring is 2. The molecule has 1 heterocycles. The molecule has 100 valence electrons. The van der Waals surface area contributed by atoms with Crippen molar-refractivity contribution in [2.75, 3.05) is 5.73 Å². The van der Waals surface area contributed by atoms with Crippen molar-refractivity contribution >= 4 is 23.4 Å². The monoisotopic (exact) mass is 281 g/mol. The van der Waals surface area contributed by atoms with Gasteiger partial charge in [0.05, 0.1) is 5.75 Å². The van der Waals surface area contributed by atoms with Gasteiger partial charge in [0.15, 0.2) is 5.76 Å². The van der Waals surface area contributed by atoms with Crippen LogP contribution in [0.3, 0.4) is 0 Å². The van der Waals surface area contributed by atoms with Crippen molar-refractivity contribution in [1.29, 1.82) is 0 Å². The average Bonchev–Trinajstić information content (AvgIpc) is 2.88. The fourth-order valence-corrected chi connectivity index (χ4v) is 2.31. The van der Waals surface area contributed by atoms with Crippen LogP contribution >= 0.6 is 11.8 Å². The number of carbonyl (C=O) groups is 1. The van der Waals surface area contributed by atoms with Crippen LogP contribution in [-0.2, 0) is 5.75 Å². The van der Waals surface area contributed by atoms with Gasteiger partial charge in [0.1, 0.15) is 11.6 Å². The largest absolute Gasteiger partial charge is 0.455 e. The van der Waals surface area contributed by atoms with Crippen LogP contribution < -0.4 is 17.0 Å². The highest BCUT2D eigenvalue weighted by molar-refractivity contribution is 7.98. The topological polar surface area (TPSA) is 94.3 Å². The number of amides is 1. The van der Waals surface area contributed by atoms with Crippen molar-refractivity contribution in [3.63, 3.8) is 0 Å². The van der Waals surface area contributed by atoms with E-state index in [1.54, 1.807) is 6.07 Å². The van der Waals surface area contributed by atoms with E-state index in [0.717, 1.165) is 0 Å². The summed E-state index contributed by atoms with van der Waals surface area (Å²) >= 11 is 1.33. The minimum atomic E-state index is -0.499. The lowest BCUT2D eigenvalue weighted by Gasteiger charge is -2.04. The number of hydrazine groups is 1. The van der Waals surface area contributed by atoms with Gasteiger partial charge in [0, 0.05) is 10.6 Å². The van der Waals surface area contributed by atoms with Gasteiger partial charge >= 0.3 is 5.91 Å². The summed E-state index contributed by atoms with van der Waals surface area (Å²) in [6, 6.07) is 7.35. The molecule has 0 fully saturated rings. The zero-order valence-electron chi connectivity index (χ0n) is 9.85. The summed E-state index contributed by atoms with van der Waals surface area (Å²) in [6.07, 6.45) is 0. The fraction of sp³-hybridized carbons (Fsp3) is 0.0833. The molecule has 0 spiro atoms. The molecular formula is C12H12FN3O2S. The number of hydrogen-bond acceptors (Lipinski definition) is 5. The molecule has 7 heteroatoms. The van der Waals surface area contributed by atoms with Gasteiger partial charge in [-0.05, 0) is 30.3 Å².